The minimum absolute atomic E-state index is 0.282. The van der Waals surface area contributed by atoms with Crippen LogP contribution in [0.25, 0.3) is 0 Å². The predicted molar refractivity (Wildman–Crippen MR) is 70.3 cm³/mol. The van der Waals surface area contributed by atoms with Gasteiger partial charge in [0.15, 0.2) is 11.5 Å². The van der Waals surface area contributed by atoms with E-state index in [2.05, 4.69) is 4.90 Å². The van der Waals surface area contributed by atoms with Gasteiger partial charge < -0.3 is 19.5 Å². The van der Waals surface area contributed by atoms with Crippen molar-refractivity contribution in [3.8, 4) is 11.5 Å². The minimum Gasteiger partial charge on any atom is -0.481 e. The first-order chi connectivity index (χ1) is 9.06. The molecule has 0 aliphatic carbocycles. The van der Waals surface area contributed by atoms with Crippen LogP contribution in [-0.4, -0.2) is 36.4 Å². The zero-order valence-corrected chi connectivity index (χ0v) is 11.3. The molecule has 1 aliphatic heterocycles. The molecule has 1 aromatic rings. The molecule has 0 amide bonds. The summed E-state index contributed by atoms with van der Waals surface area (Å²) in [7, 11) is 1.99. The molecule has 0 bridgehead atoms. The molecule has 1 aromatic carbocycles. The van der Waals surface area contributed by atoms with Crippen molar-refractivity contribution in [3.05, 3.63) is 23.8 Å². The number of aliphatic carboxylic acids is 1. The highest BCUT2D eigenvalue weighted by Gasteiger charge is 2.15. The minimum atomic E-state index is -0.739. The topological polar surface area (TPSA) is 59.0 Å². The first kappa shape index (κ1) is 13.7. The third-order valence-corrected chi connectivity index (χ3v) is 3.25. The van der Waals surface area contributed by atoms with E-state index in [1.165, 1.54) is 0 Å². The molecule has 0 aromatic heterocycles. The van der Waals surface area contributed by atoms with Crippen molar-refractivity contribution in [2.75, 3.05) is 20.4 Å². The summed E-state index contributed by atoms with van der Waals surface area (Å²) >= 11 is 0. The molecule has 0 spiro atoms. The average molecular weight is 265 g/mol. The van der Waals surface area contributed by atoms with Gasteiger partial charge >= 0.3 is 5.97 Å². The van der Waals surface area contributed by atoms with Crippen LogP contribution in [0, 0.1) is 5.92 Å². The maximum absolute atomic E-state index is 10.7. The van der Waals surface area contributed by atoms with Gasteiger partial charge in [0.05, 0.1) is 5.92 Å². The summed E-state index contributed by atoms with van der Waals surface area (Å²) in [6.07, 6.45) is 0.649. The molecule has 1 atom stereocenters. The Kier molecular flexibility index (Phi) is 4.27. The number of nitrogens with zero attached hydrogens (tertiary/aromatic N) is 1. The highest BCUT2D eigenvalue weighted by atomic mass is 16.7. The van der Waals surface area contributed by atoms with Gasteiger partial charge in [-0.3, -0.25) is 4.79 Å². The van der Waals surface area contributed by atoms with E-state index in [4.69, 9.17) is 14.6 Å². The normalized spacial score (nSPS) is 14.7. The number of hydrogen-bond donors (Lipinski definition) is 1. The maximum Gasteiger partial charge on any atom is 0.306 e. The summed E-state index contributed by atoms with van der Waals surface area (Å²) < 4.78 is 10.6. The molecule has 0 saturated heterocycles. The third-order valence-electron chi connectivity index (χ3n) is 3.25. The fraction of sp³-hybridized carbons (Fsp3) is 0.500. The van der Waals surface area contributed by atoms with Crippen molar-refractivity contribution in [2.24, 2.45) is 5.92 Å². The zero-order valence-electron chi connectivity index (χ0n) is 11.3. The van der Waals surface area contributed by atoms with Gasteiger partial charge in [0.1, 0.15) is 0 Å². The lowest BCUT2D eigenvalue weighted by atomic mass is 10.1. The lowest BCUT2D eigenvalue weighted by Crippen LogP contribution is -2.23. The first-order valence-corrected chi connectivity index (χ1v) is 6.36. The summed E-state index contributed by atoms with van der Waals surface area (Å²) in [5.74, 6) is 0.520. The van der Waals surface area contributed by atoms with E-state index in [0.29, 0.717) is 6.42 Å². The molecular formula is C14H19NO4. The number of carboxylic acids is 1. The third kappa shape index (κ3) is 3.61. The van der Waals surface area contributed by atoms with E-state index in [1.54, 1.807) is 6.92 Å². The Morgan fingerprint density at radius 1 is 1.42 bits per heavy atom. The molecule has 1 aliphatic rings. The standard InChI is InChI=1S/C14H19NO4/c1-10(14(16)17)5-6-15(2)8-11-3-4-12-13(7-11)19-9-18-12/h3-4,7,10H,5-6,8-9H2,1-2H3,(H,16,17). The van der Waals surface area contributed by atoms with E-state index >= 15 is 0 Å². The van der Waals surface area contributed by atoms with Gasteiger partial charge in [-0.2, -0.15) is 0 Å². The van der Waals surface area contributed by atoms with Crippen LogP contribution in [0.3, 0.4) is 0 Å². The van der Waals surface area contributed by atoms with Crippen molar-refractivity contribution in [1.82, 2.24) is 4.90 Å². The molecule has 1 unspecified atom stereocenters. The summed E-state index contributed by atoms with van der Waals surface area (Å²) in [4.78, 5) is 12.9. The quantitative estimate of drug-likeness (QED) is 0.852. The van der Waals surface area contributed by atoms with Crippen LogP contribution >= 0.6 is 0 Å². The van der Waals surface area contributed by atoms with Gasteiger partial charge in [0, 0.05) is 6.54 Å². The first-order valence-electron chi connectivity index (χ1n) is 6.36. The molecule has 1 heterocycles. The molecule has 0 fully saturated rings. The van der Waals surface area contributed by atoms with Crippen LogP contribution in [0.5, 0.6) is 11.5 Å². The highest BCUT2D eigenvalue weighted by molar-refractivity contribution is 5.69. The number of ether oxygens (including phenoxy) is 2. The second-order valence-corrected chi connectivity index (χ2v) is 4.95. The van der Waals surface area contributed by atoms with Crippen LogP contribution in [0.4, 0.5) is 0 Å². The fourth-order valence-corrected chi connectivity index (χ4v) is 1.97. The molecule has 104 valence electrons. The van der Waals surface area contributed by atoms with Crippen LogP contribution in [-0.2, 0) is 11.3 Å². The van der Waals surface area contributed by atoms with E-state index in [1.807, 2.05) is 25.2 Å². The van der Waals surface area contributed by atoms with Gasteiger partial charge in [0.25, 0.3) is 0 Å². The van der Waals surface area contributed by atoms with Crippen molar-refractivity contribution in [3.63, 3.8) is 0 Å². The number of carbonyl (C=O) groups is 1. The number of hydrogen-bond acceptors (Lipinski definition) is 4. The molecule has 0 saturated carbocycles. The number of fused-ring (bicyclic) bond motifs is 1. The molecule has 5 nitrogen and oxygen atoms in total. The van der Waals surface area contributed by atoms with Crippen LogP contribution < -0.4 is 9.47 Å². The molecule has 5 heteroatoms. The maximum atomic E-state index is 10.7. The average Bonchev–Trinajstić information content (AvgIpc) is 2.83. The Hall–Kier alpha value is -1.75. The zero-order chi connectivity index (χ0) is 13.8. The summed E-state index contributed by atoms with van der Waals surface area (Å²) in [5.41, 5.74) is 1.13. The van der Waals surface area contributed by atoms with Crippen molar-refractivity contribution in [1.29, 1.82) is 0 Å². The van der Waals surface area contributed by atoms with Crippen LogP contribution in [0.2, 0.25) is 0 Å². The van der Waals surface area contributed by atoms with E-state index < -0.39 is 5.97 Å². The van der Waals surface area contributed by atoms with Crippen LogP contribution in [0.1, 0.15) is 18.9 Å². The SMILES string of the molecule is CC(CCN(C)Cc1ccc2c(c1)OCO2)C(=O)O. The van der Waals surface area contributed by atoms with Gasteiger partial charge in [0.2, 0.25) is 6.79 Å². The second-order valence-electron chi connectivity index (χ2n) is 4.95. The smallest absolute Gasteiger partial charge is 0.306 e. The molecule has 2 rings (SSSR count). The van der Waals surface area contributed by atoms with Crippen molar-refractivity contribution < 1.29 is 19.4 Å². The molecule has 19 heavy (non-hydrogen) atoms. The van der Waals surface area contributed by atoms with Gasteiger partial charge in [-0.15, -0.1) is 0 Å². The summed E-state index contributed by atoms with van der Waals surface area (Å²) in [6.45, 7) is 3.53. The summed E-state index contributed by atoms with van der Waals surface area (Å²) in [5, 5.41) is 8.84. The van der Waals surface area contributed by atoms with Crippen molar-refractivity contribution >= 4 is 5.97 Å². The largest absolute Gasteiger partial charge is 0.481 e. The second kappa shape index (κ2) is 5.93. The number of rotatable bonds is 6. The Morgan fingerprint density at radius 2 is 2.16 bits per heavy atom. The van der Waals surface area contributed by atoms with Gasteiger partial charge in [-0.05, 0) is 37.7 Å². The predicted octanol–water partition coefficient (Wildman–Crippen LogP) is 1.96. The lowest BCUT2D eigenvalue weighted by Gasteiger charge is -2.18. The Balaban J connectivity index is 1.85. The van der Waals surface area contributed by atoms with Gasteiger partial charge in [-0.1, -0.05) is 13.0 Å². The Morgan fingerprint density at radius 3 is 2.89 bits per heavy atom. The fourth-order valence-electron chi connectivity index (χ4n) is 1.97. The molecular weight excluding hydrogens is 246 g/mol. The van der Waals surface area contributed by atoms with Crippen molar-refractivity contribution in [2.45, 2.75) is 19.9 Å². The number of carboxylic acid groups (broad SMARTS) is 1. The Bertz CT molecular complexity index is 461. The van der Waals surface area contributed by atoms with Crippen LogP contribution in [0.15, 0.2) is 18.2 Å². The van der Waals surface area contributed by atoms with E-state index in [9.17, 15) is 4.79 Å². The highest BCUT2D eigenvalue weighted by Crippen LogP contribution is 2.32. The molecule has 0 radical (unpaired) electrons. The molecule has 1 N–H and O–H groups in total. The van der Waals surface area contributed by atoms with Gasteiger partial charge in [-0.25, -0.2) is 0 Å². The monoisotopic (exact) mass is 265 g/mol. The van der Waals surface area contributed by atoms with E-state index in [0.717, 1.165) is 30.2 Å². The number of benzene rings is 1. The van der Waals surface area contributed by atoms with E-state index in [-0.39, 0.29) is 12.7 Å². The summed E-state index contributed by atoms with van der Waals surface area (Å²) in [6, 6.07) is 5.88. The lowest BCUT2D eigenvalue weighted by molar-refractivity contribution is -0.141. The Labute approximate surface area is 112 Å².